The average Bonchev–Trinajstić information content (AvgIpc) is 3.43. The van der Waals surface area contributed by atoms with E-state index in [1.807, 2.05) is 34.9 Å². The van der Waals surface area contributed by atoms with E-state index in [0.717, 1.165) is 63.0 Å². The lowest BCUT2D eigenvalue weighted by molar-refractivity contribution is -0.122. The third kappa shape index (κ3) is 4.43. The van der Waals surface area contributed by atoms with Crippen molar-refractivity contribution >= 4 is 22.6 Å². The molecule has 3 heterocycles. The summed E-state index contributed by atoms with van der Waals surface area (Å²) in [5.41, 5.74) is 3.08. The number of anilines is 1. The van der Waals surface area contributed by atoms with Gasteiger partial charge in [0.15, 0.2) is 0 Å². The number of para-hydroxylation sites is 3. The maximum absolute atomic E-state index is 12.5. The van der Waals surface area contributed by atoms with Crippen molar-refractivity contribution < 1.29 is 4.79 Å². The molecule has 0 spiro atoms. The number of aromatic nitrogens is 2. The number of nitrogens with one attached hydrogen (secondary N) is 2. The summed E-state index contributed by atoms with van der Waals surface area (Å²) in [7, 11) is 0. The van der Waals surface area contributed by atoms with Crippen LogP contribution in [0.2, 0.25) is 0 Å². The van der Waals surface area contributed by atoms with Gasteiger partial charge in [0.25, 0.3) is 0 Å². The first kappa shape index (κ1) is 20.8. The molecule has 1 unspecified atom stereocenters. The Bertz CT molecular complexity index is 1110. The molecule has 0 saturated carbocycles. The minimum Gasteiger partial charge on any atom is -0.371 e. The molecule has 1 aromatic heterocycles. The number of hydrogen-bond acceptors (Lipinski definition) is 4. The van der Waals surface area contributed by atoms with Gasteiger partial charge >= 0.3 is 5.69 Å². The molecule has 2 aromatic carbocycles. The van der Waals surface area contributed by atoms with E-state index < -0.39 is 0 Å². The summed E-state index contributed by atoms with van der Waals surface area (Å²) in [6.45, 7) is 4.87. The molecule has 2 aliphatic heterocycles. The number of likely N-dealkylation sites (tertiary alicyclic amines) is 1. The molecule has 0 aliphatic carbocycles. The molecule has 7 heteroatoms. The first-order valence-electron chi connectivity index (χ1n) is 11.7. The maximum atomic E-state index is 12.5. The lowest BCUT2D eigenvalue weighted by atomic mass is 10.0. The molecular weight excluding hydrogens is 402 g/mol. The van der Waals surface area contributed by atoms with E-state index in [9.17, 15) is 9.59 Å². The SMILES string of the molecule is O=C(CN1CCC(n2c(=O)[nH]c3ccccc32)CC1)NCC1CCN(c2ccccc2)C1. The monoisotopic (exact) mass is 433 g/mol. The van der Waals surface area contributed by atoms with E-state index in [2.05, 4.69) is 44.4 Å². The number of imidazole rings is 1. The van der Waals surface area contributed by atoms with Gasteiger partial charge in [-0.1, -0.05) is 30.3 Å². The first-order chi connectivity index (χ1) is 15.7. The van der Waals surface area contributed by atoms with Crippen LogP contribution in [0.4, 0.5) is 5.69 Å². The van der Waals surface area contributed by atoms with E-state index in [4.69, 9.17) is 0 Å². The summed E-state index contributed by atoms with van der Waals surface area (Å²) >= 11 is 0. The second-order valence-corrected chi connectivity index (χ2v) is 9.06. The molecule has 7 nitrogen and oxygen atoms in total. The van der Waals surface area contributed by atoms with E-state index >= 15 is 0 Å². The Morgan fingerprint density at radius 2 is 1.72 bits per heavy atom. The number of hydrogen-bond donors (Lipinski definition) is 2. The van der Waals surface area contributed by atoms with E-state index in [0.29, 0.717) is 12.5 Å². The third-order valence-corrected chi connectivity index (χ3v) is 6.91. The zero-order chi connectivity index (χ0) is 21.9. The number of amides is 1. The van der Waals surface area contributed by atoms with Crippen molar-refractivity contribution in [1.82, 2.24) is 19.8 Å². The van der Waals surface area contributed by atoms with Crippen molar-refractivity contribution in [1.29, 1.82) is 0 Å². The highest BCUT2D eigenvalue weighted by Crippen LogP contribution is 2.25. The van der Waals surface area contributed by atoms with Crippen LogP contribution < -0.4 is 15.9 Å². The largest absolute Gasteiger partial charge is 0.371 e. The number of rotatable bonds is 6. The number of piperidine rings is 1. The van der Waals surface area contributed by atoms with E-state index in [1.165, 1.54) is 5.69 Å². The Kier molecular flexibility index (Phi) is 5.99. The molecule has 32 heavy (non-hydrogen) atoms. The number of benzene rings is 2. The molecule has 3 aromatic rings. The molecular formula is C25H31N5O2. The number of H-pyrrole nitrogens is 1. The van der Waals surface area contributed by atoms with Crippen LogP contribution >= 0.6 is 0 Å². The number of carbonyl (C=O) groups is 1. The third-order valence-electron chi connectivity index (χ3n) is 6.91. The molecule has 0 bridgehead atoms. The zero-order valence-corrected chi connectivity index (χ0v) is 18.4. The minimum absolute atomic E-state index is 0.0384. The Hall–Kier alpha value is -3.06. The summed E-state index contributed by atoms with van der Waals surface area (Å²) < 4.78 is 1.89. The van der Waals surface area contributed by atoms with Crippen molar-refractivity contribution in [2.24, 2.45) is 5.92 Å². The molecule has 168 valence electrons. The quantitative estimate of drug-likeness (QED) is 0.627. The van der Waals surface area contributed by atoms with Gasteiger partial charge in [0, 0.05) is 44.5 Å². The van der Waals surface area contributed by atoms with Gasteiger partial charge in [-0.3, -0.25) is 14.3 Å². The molecule has 2 N–H and O–H groups in total. The van der Waals surface area contributed by atoms with E-state index in [1.54, 1.807) is 0 Å². The van der Waals surface area contributed by atoms with Crippen LogP contribution in [0.5, 0.6) is 0 Å². The maximum Gasteiger partial charge on any atom is 0.326 e. The minimum atomic E-state index is -0.0384. The fourth-order valence-corrected chi connectivity index (χ4v) is 5.16. The highest BCUT2D eigenvalue weighted by molar-refractivity contribution is 5.78. The van der Waals surface area contributed by atoms with Gasteiger partial charge in [0.05, 0.1) is 17.6 Å². The fraction of sp³-hybridized carbons (Fsp3) is 0.440. The number of fused-ring (bicyclic) bond motifs is 1. The topological polar surface area (TPSA) is 73.4 Å². The molecule has 2 aliphatic rings. The number of carbonyl (C=O) groups excluding carboxylic acids is 1. The van der Waals surface area contributed by atoms with Crippen LogP contribution in [0.25, 0.3) is 11.0 Å². The highest BCUT2D eigenvalue weighted by atomic mass is 16.2. The van der Waals surface area contributed by atoms with Crippen LogP contribution in [-0.2, 0) is 4.79 Å². The van der Waals surface area contributed by atoms with Crippen molar-refractivity contribution in [2.75, 3.05) is 44.2 Å². The van der Waals surface area contributed by atoms with Crippen molar-refractivity contribution in [3.05, 3.63) is 65.1 Å². The van der Waals surface area contributed by atoms with E-state index in [-0.39, 0.29) is 17.6 Å². The van der Waals surface area contributed by atoms with Crippen molar-refractivity contribution in [3.8, 4) is 0 Å². The molecule has 5 rings (SSSR count). The van der Waals surface area contributed by atoms with Crippen LogP contribution in [0.3, 0.4) is 0 Å². The predicted octanol–water partition coefficient (Wildman–Crippen LogP) is 2.61. The second kappa shape index (κ2) is 9.20. The lowest BCUT2D eigenvalue weighted by Crippen LogP contribution is -2.43. The van der Waals surface area contributed by atoms with Gasteiger partial charge in [0.1, 0.15) is 0 Å². The summed E-state index contributed by atoms with van der Waals surface area (Å²) in [6, 6.07) is 18.5. The Morgan fingerprint density at radius 3 is 2.53 bits per heavy atom. The van der Waals surface area contributed by atoms with Gasteiger partial charge in [-0.25, -0.2) is 4.79 Å². The second-order valence-electron chi connectivity index (χ2n) is 9.06. The van der Waals surface area contributed by atoms with Gasteiger partial charge < -0.3 is 15.2 Å². The van der Waals surface area contributed by atoms with Gasteiger partial charge in [0.2, 0.25) is 5.91 Å². The number of nitrogens with zero attached hydrogens (tertiary/aromatic N) is 3. The first-order valence-corrected chi connectivity index (χ1v) is 11.7. The zero-order valence-electron chi connectivity index (χ0n) is 18.4. The van der Waals surface area contributed by atoms with Crippen LogP contribution in [0.15, 0.2) is 59.4 Å². The molecule has 1 atom stereocenters. The van der Waals surface area contributed by atoms with Gasteiger partial charge in [-0.05, 0) is 49.4 Å². The fourth-order valence-electron chi connectivity index (χ4n) is 5.16. The Labute approximate surface area is 188 Å². The average molecular weight is 434 g/mol. The Morgan fingerprint density at radius 1 is 0.969 bits per heavy atom. The van der Waals surface area contributed by atoms with Crippen molar-refractivity contribution in [2.45, 2.75) is 25.3 Å². The summed E-state index contributed by atoms with van der Waals surface area (Å²) in [6.07, 6.45) is 2.87. The summed E-state index contributed by atoms with van der Waals surface area (Å²) in [5, 5.41) is 3.15. The smallest absolute Gasteiger partial charge is 0.326 e. The van der Waals surface area contributed by atoms with Gasteiger partial charge in [-0.15, -0.1) is 0 Å². The molecule has 1 amide bonds. The molecule has 2 saturated heterocycles. The van der Waals surface area contributed by atoms with Gasteiger partial charge in [-0.2, -0.15) is 0 Å². The normalized spacial score (nSPS) is 20.1. The van der Waals surface area contributed by atoms with Crippen molar-refractivity contribution in [3.63, 3.8) is 0 Å². The van der Waals surface area contributed by atoms with Crippen LogP contribution in [-0.4, -0.2) is 59.6 Å². The van der Waals surface area contributed by atoms with Crippen LogP contribution in [0, 0.1) is 5.92 Å². The highest BCUT2D eigenvalue weighted by Gasteiger charge is 2.26. The summed E-state index contributed by atoms with van der Waals surface area (Å²) in [5.74, 6) is 0.601. The van der Waals surface area contributed by atoms with Crippen LogP contribution in [0.1, 0.15) is 25.3 Å². The number of aromatic amines is 1. The standard InChI is InChI=1S/C25H31N5O2/c31-24(26-16-19-10-15-29(17-19)20-6-2-1-3-7-20)18-28-13-11-21(12-14-28)30-23-9-5-4-8-22(23)27-25(30)32/h1-9,19,21H,10-18H2,(H,26,31)(H,27,32). The predicted molar refractivity (Wildman–Crippen MR) is 127 cm³/mol. The summed E-state index contributed by atoms with van der Waals surface area (Å²) in [4.78, 5) is 32.5. The molecule has 2 fully saturated rings. The molecule has 0 radical (unpaired) electrons. The lowest BCUT2D eigenvalue weighted by Gasteiger charge is -2.32. The Balaban J connectivity index is 1.08.